The summed E-state index contributed by atoms with van der Waals surface area (Å²) in [7, 11) is 0. The van der Waals surface area contributed by atoms with Crippen LogP contribution in [0.3, 0.4) is 0 Å². The minimum Gasteiger partial charge on any atom is -0.383 e. The molecule has 0 aromatic heterocycles. The molecule has 2 aliphatic carbocycles. The average Bonchev–Trinajstić information content (AvgIpc) is 2.92. The molecule has 2 nitrogen and oxygen atoms in total. The average molecular weight is 302 g/mol. The van der Waals surface area contributed by atoms with E-state index >= 15 is 0 Å². The fourth-order valence-corrected chi connectivity index (χ4v) is 4.46. The van der Waals surface area contributed by atoms with Crippen molar-refractivity contribution < 1.29 is 10.2 Å². The number of hydrogen-bond donors (Lipinski definition) is 2. The van der Waals surface area contributed by atoms with Gasteiger partial charge >= 0.3 is 0 Å². The topological polar surface area (TPSA) is 40.5 Å². The second kappa shape index (κ2) is 4.02. The van der Waals surface area contributed by atoms with E-state index in [0.29, 0.717) is 6.42 Å². The molecular weight excluding hydrogens is 284 g/mol. The summed E-state index contributed by atoms with van der Waals surface area (Å²) >= 11 is 0. The van der Waals surface area contributed by atoms with Gasteiger partial charge in [0.1, 0.15) is 11.2 Å². The highest BCUT2D eigenvalue weighted by Crippen LogP contribution is 2.52. The highest BCUT2D eigenvalue weighted by atomic mass is 16.4. The number of aliphatic hydroxyl groups is 2. The molecule has 0 radical (unpaired) electrons. The Morgan fingerprint density at radius 2 is 1.78 bits per heavy atom. The lowest BCUT2D eigenvalue weighted by Crippen LogP contribution is -2.48. The molecule has 0 saturated heterocycles. The monoisotopic (exact) mass is 302 g/mol. The summed E-state index contributed by atoms with van der Waals surface area (Å²) in [4.78, 5) is 0. The first-order chi connectivity index (χ1) is 11.0. The quantitative estimate of drug-likeness (QED) is 0.618. The summed E-state index contributed by atoms with van der Waals surface area (Å²) in [6, 6.07) is 14.9. The van der Waals surface area contributed by atoms with Crippen LogP contribution in [0.15, 0.2) is 48.5 Å². The van der Waals surface area contributed by atoms with Gasteiger partial charge in [-0.2, -0.15) is 0 Å². The van der Waals surface area contributed by atoms with E-state index in [1.807, 2.05) is 6.08 Å². The molecule has 0 aliphatic heterocycles. The highest BCUT2D eigenvalue weighted by molar-refractivity contribution is 6.10. The first kappa shape index (κ1) is 13.3. The van der Waals surface area contributed by atoms with Crippen molar-refractivity contribution in [1.82, 2.24) is 0 Å². The molecule has 3 aromatic rings. The fourth-order valence-electron chi connectivity index (χ4n) is 4.46. The third-order valence-corrected chi connectivity index (χ3v) is 5.76. The summed E-state index contributed by atoms with van der Waals surface area (Å²) in [5.41, 5.74) is 0.765. The zero-order valence-electron chi connectivity index (χ0n) is 13.0. The SMILES string of the molecule is CC1(O)C=Cc2cc3c(ccc4ccccc43)c3c2C1(O)CC3. The predicted molar refractivity (Wildman–Crippen MR) is 93.3 cm³/mol. The van der Waals surface area contributed by atoms with Gasteiger partial charge in [0, 0.05) is 0 Å². The summed E-state index contributed by atoms with van der Waals surface area (Å²) in [5.74, 6) is 0. The van der Waals surface area contributed by atoms with Crippen LogP contribution in [0, 0.1) is 0 Å². The van der Waals surface area contributed by atoms with Gasteiger partial charge in [-0.3, -0.25) is 0 Å². The van der Waals surface area contributed by atoms with Crippen LogP contribution >= 0.6 is 0 Å². The van der Waals surface area contributed by atoms with Crippen LogP contribution in [0.5, 0.6) is 0 Å². The van der Waals surface area contributed by atoms with Crippen molar-refractivity contribution in [1.29, 1.82) is 0 Å². The summed E-state index contributed by atoms with van der Waals surface area (Å²) in [6.45, 7) is 1.70. The van der Waals surface area contributed by atoms with Crippen LogP contribution in [0.1, 0.15) is 30.0 Å². The third kappa shape index (κ3) is 1.50. The second-order valence-corrected chi connectivity index (χ2v) is 7.04. The van der Waals surface area contributed by atoms with Gasteiger partial charge < -0.3 is 10.2 Å². The number of aryl methyl sites for hydroxylation is 1. The van der Waals surface area contributed by atoms with E-state index in [1.54, 1.807) is 13.0 Å². The Kier molecular flexibility index (Phi) is 2.33. The molecule has 0 heterocycles. The predicted octanol–water partition coefficient (Wildman–Crippen LogP) is 3.90. The standard InChI is InChI=1S/C21H18O2/c1-20(22)10-8-14-12-18-15-5-3-2-4-13(15)6-7-16(18)17-9-11-21(20,23)19(14)17/h2-8,10,12,22-23H,9,11H2,1H3. The van der Waals surface area contributed by atoms with Crippen molar-refractivity contribution in [3.05, 3.63) is 65.2 Å². The van der Waals surface area contributed by atoms with Crippen LogP contribution in [0.4, 0.5) is 0 Å². The second-order valence-electron chi connectivity index (χ2n) is 7.04. The maximum atomic E-state index is 11.2. The lowest BCUT2D eigenvalue weighted by molar-refractivity contribution is -0.119. The molecule has 3 aromatic carbocycles. The zero-order chi connectivity index (χ0) is 15.8. The van der Waals surface area contributed by atoms with E-state index in [-0.39, 0.29) is 0 Å². The van der Waals surface area contributed by atoms with E-state index in [1.165, 1.54) is 27.1 Å². The lowest BCUT2D eigenvalue weighted by Gasteiger charge is -2.40. The molecule has 2 unspecified atom stereocenters. The fraction of sp³-hybridized carbons (Fsp3) is 0.238. The highest BCUT2D eigenvalue weighted by Gasteiger charge is 2.52. The molecule has 2 aliphatic rings. The Bertz CT molecular complexity index is 1010. The summed E-state index contributed by atoms with van der Waals surface area (Å²) in [6.07, 6.45) is 5.06. The maximum absolute atomic E-state index is 11.2. The minimum absolute atomic E-state index is 0.568. The van der Waals surface area contributed by atoms with Gasteiger partial charge in [-0.15, -0.1) is 0 Å². The van der Waals surface area contributed by atoms with E-state index in [2.05, 4.69) is 42.5 Å². The summed E-state index contributed by atoms with van der Waals surface area (Å²) < 4.78 is 0. The van der Waals surface area contributed by atoms with Crippen molar-refractivity contribution in [3.63, 3.8) is 0 Å². The van der Waals surface area contributed by atoms with Crippen molar-refractivity contribution >= 4 is 27.6 Å². The van der Waals surface area contributed by atoms with Crippen LogP contribution in [0.25, 0.3) is 27.6 Å². The molecule has 0 amide bonds. The molecule has 2 atom stereocenters. The Morgan fingerprint density at radius 3 is 2.65 bits per heavy atom. The molecule has 0 fully saturated rings. The Hall–Kier alpha value is -2.16. The van der Waals surface area contributed by atoms with Crippen molar-refractivity contribution in [2.24, 2.45) is 0 Å². The van der Waals surface area contributed by atoms with Gasteiger partial charge in [0.2, 0.25) is 0 Å². The molecular formula is C21H18O2. The van der Waals surface area contributed by atoms with E-state index in [9.17, 15) is 10.2 Å². The maximum Gasteiger partial charge on any atom is 0.123 e. The molecule has 0 bridgehead atoms. The minimum atomic E-state index is -1.21. The van der Waals surface area contributed by atoms with E-state index in [0.717, 1.165) is 17.5 Å². The molecule has 0 spiro atoms. The van der Waals surface area contributed by atoms with Crippen molar-refractivity contribution in [2.75, 3.05) is 0 Å². The first-order valence-electron chi connectivity index (χ1n) is 8.13. The van der Waals surface area contributed by atoms with Crippen molar-refractivity contribution in [2.45, 2.75) is 31.0 Å². The number of benzene rings is 3. The number of fused-ring (bicyclic) bond motifs is 4. The normalized spacial score (nSPS) is 28.5. The number of rotatable bonds is 0. The van der Waals surface area contributed by atoms with E-state index in [4.69, 9.17) is 0 Å². The zero-order valence-corrected chi connectivity index (χ0v) is 13.0. The largest absolute Gasteiger partial charge is 0.383 e. The molecule has 2 heteroatoms. The van der Waals surface area contributed by atoms with Crippen LogP contribution in [-0.2, 0) is 12.0 Å². The third-order valence-electron chi connectivity index (χ3n) is 5.76. The van der Waals surface area contributed by atoms with Crippen LogP contribution in [0.2, 0.25) is 0 Å². The van der Waals surface area contributed by atoms with Gasteiger partial charge in [0.25, 0.3) is 0 Å². The molecule has 0 saturated carbocycles. The molecule has 114 valence electrons. The van der Waals surface area contributed by atoms with Gasteiger partial charge in [-0.05, 0) is 70.1 Å². The van der Waals surface area contributed by atoms with Gasteiger partial charge in [0.15, 0.2) is 0 Å². The van der Waals surface area contributed by atoms with Gasteiger partial charge in [-0.25, -0.2) is 0 Å². The Morgan fingerprint density at radius 1 is 0.957 bits per heavy atom. The molecule has 5 rings (SSSR count). The molecule has 23 heavy (non-hydrogen) atoms. The first-order valence-corrected chi connectivity index (χ1v) is 8.13. The van der Waals surface area contributed by atoms with Crippen LogP contribution < -0.4 is 0 Å². The van der Waals surface area contributed by atoms with E-state index < -0.39 is 11.2 Å². The van der Waals surface area contributed by atoms with Gasteiger partial charge in [-0.1, -0.05) is 42.5 Å². The smallest absolute Gasteiger partial charge is 0.123 e. The van der Waals surface area contributed by atoms with Crippen LogP contribution in [-0.4, -0.2) is 15.8 Å². The molecule has 2 N–H and O–H groups in total. The Balaban J connectivity index is 1.97. The number of hydrogen-bond acceptors (Lipinski definition) is 2. The Labute approximate surface area is 134 Å². The summed E-state index contributed by atoms with van der Waals surface area (Å²) in [5, 5.41) is 26.8. The van der Waals surface area contributed by atoms with Gasteiger partial charge in [0.05, 0.1) is 0 Å². The van der Waals surface area contributed by atoms with Crippen molar-refractivity contribution in [3.8, 4) is 0 Å². The lowest BCUT2D eigenvalue weighted by atomic mass is 9.73.